The van der Waals surface area contributed by atoms with Crippen LogP contribution in [0.2, 0.25) is 0 Å². The van der Waals surface area contributed by atoms with Gasteiger partial charge in [-0.25, -0.2) is 4.98 Å². The van der Waals surface area contributed by atoms with Crippen LogP contribution in [0.4, 0.5) is 5.13 Å². The lowest BCUT2D eigenvalue weighted by Gasteiger charge is -2.31. The minimum Gasteiger partial charge on any atom is -0.348 e. The predicted molar refractivity (Wildman–Crippen MR) is 73.3 cm³/mol. The molecule has 2 heterocycles. The Labute approximate surface area is 109 Å². The van der Waals surface area contributed by atoms with Gasteiger partial charge in [-0.05, 0) is 54.7 Å². The van der Waals surface area contributed by atoms with E-state index < -0.39 is 0 Å². The normalized spacial score (nSPS) is 18.0. The van der Waals surface area contributed by atoms with Crippen LogP contribution >= 0.6 is 27.3 Å². The first kappa shape index (κ1) is 12.3. The first-order valence-electron chi connectivity index (χ1n) is 5.80. The summed E-state index contributed by atoms with van der Waals surface area (Å²) < 4.78 is 0.963. The van der Waals surface area contributed by atoms with Gasteiger partial charge in [-0.1, -0.05) is 0 Å². The molecule has 0 saturated carbocycles. The van der Waals surface area contributed by atoms with E-state index in [0.717, 1.165) is 30.2 Å². The molecule has 0 aromatic carbocycles. The summed E-state index contributed by atoms with van der Waals surface area (Å²) in [6.45, 7) is 3.47. The fourth-order valence-electron chi connectivity index (χ4n) is 2.15. The van der Waals surface area contributed by atoms with Crippen molar-refractivity contribution in [2.45, 2.75) is 19.3 Å². The number of anilines is 1. The number of rotatable bonds is 4. The third-order valence-electron chi connectivity index (χ3n) is 3.15. The minimum absolute atomic E-state index is 0.895. The molecule has 0 atom stereocenters. The van der Waals surface area contributed by atoms with Crippen molar-refractivity contribution in [3.05, 3.63) is 9.98 Å². The Morgan fingerprint density at radius 1 is 1.56 bits per heavy atom. The third kappa shape index (κ3) is 3.18. The number of thiazole rings is 1. The number of hydrogen-bond acceptors (Lipinski definition) is 4. The average Bonchev–Trinajstić information content (AvgIpc) is 2.74. The fraction of sp³-hybridized carbons (Fsp3) is 0.727. The van der Waals surface area contributed by atoms with Crippen LogP contribution in [-0.2, 0) is 0 Å². The second-order valence-electron chi connectivity index (χ2n) is 4.28. The quantitative estimate of drug-likeness (QED) is 0.927. The highest BCUT2D eigenvalue weighted by atomic mass is 79.9. The molecule has 1 aliphatic rings. The van der Waals surface area contributed by atoms with Crippen molar-refractivity contribution in [1.29, 1.82) is 0 Å². The summed E-state index contributed by atoms with van der Waals surface area (Å²) in [5.74, 6) is 0.895. The lowest BCUT2D eigenvalue weighted by molar-refractivity contribution is 0.378. The first-order valence-corrected chi connectivity index (χ1v) is 7.47. The zero-order chi connectivity index (χ0) is 11.4. The van der Waals surface area contributed by atoms with E-state index in [1.165, 1.54) is 24.4 Å². The Hall–Kier alpha value is -0.130. The van der Waals surface area contributed by atoms with Crippen LogP contribution < -0.4 is 10.2 Å². The zero-order valence-corrected chi connectivity index (χ0v) is 12.0. The zero-order valence-electron chi connectivity index (χ0n) is 9.58. The number of aromatic nitrogens is 1. The summed E-state index contributed by atoms with van der Waals surface area (Å²) >= 11 is 5.14. The molecule has 0 amide bonds. The Bertz CT molecular complexity index is 321. The Balaban J connectivity index is 1.81. The summed E-state index contributed by atoms with van der Waals surface area (Å²) in [5, 5.41) is 6.45. The van der Waals surface area contributed by atoms with Gasteiger partial charge < -0.3 is 10.2 Å². The van der Waals surface area contributed by atoms with Gasteiger partial charge >= 0.3 is 0 Å². The van der Waals surface area contributed by atoms with Crippen molar-refractivity contribution in [2.75, 3.05) is 31.6 Å². The number of hydrogen-bond donors (Lipinski definition) is 1. The maximum Gasteiger partial charge on any atom is 0.186 e. The van der Waals surface area contributed by atoms with Gasteiger partial charge in [0.1, 0.15) is 4.60 Å². The summed E-state index contributed by atoms with van der Waals surface area (Å²) in [6, 6.07) is 0. The summed E-state index contributed by atoms with van der Waals surface area (Å²) in [7, 11) is 2.03. The van der Waals surface area contributed by atoms with Gasteiger partial charge in [-0.15, -0.1) is 11.3 Å². The molecule has 1 saturated heterocycles. The molecule has 16 heavy (non-hydrogen) atoms. The SMILES string of the molecule is CNCCC1CCN(c2nc(Br)cs2)CC1. The monoisotopic (exact) mass is 303 g/mol. The molecule has 1 aromatic heterocycles. The van der Waals surface area contributed by atoms with Gasteiger partial charge in [0, 0.05) is 18.5 Å². The molecule has 0 radical (unpaired) electrons. The van der Waals surface area contributed by atoms with Crippen LogP contribution in [-0.4, -0.2) is 31.7 Å². The second-order valence-corrected chi connectivity index (χ2v) is 5.92. The van der Waals surface area contributed by atoms with Gasteiger partial charge in [-0.3, -0.25) is 0 Å². The smallest absolute Gasteiger partial charge is 0.186 e. The molecule has 3 nitrogen and oxygen atoms in total. The molecule has 90 valence electrons. The van der Waals surface area contributed by atoms with E-state index in [0.29, 0.717) is 0 Å². The van der Waals surface area contributed by atoms with Crippen LogP contribution in [0.25, 0.3) is 0 Å². The van der Waals surface area contributed by atoms with Gasteiger partial charge in [0.05, 0.1) is 0 Å². The largest absolute Gasteiger partial charge is 0.348 e. The molecule has 5 heteroatoms. The van der Waals surface area contributed by atoms with Gasteiger partial charge in [0.25, 0.3) is 0 Å². The molecule has 0 unspecified atom stereocenters. The van der Waals surface area contributed by atoms with E-state index in [1.807, 2.05) is 7.05 Å². The molecular formula is C11H18BrN3S. The molecule has 0 aliphatic carbocycles. The van der Waals surface area contributed by atoms with E-state index in [1.54, 1.807) is 11.3 Å². The first-order chi connectivity index (χ1) is 7.79. The number of piperidine rings is 1. The molecule has 2 rings (SSSR count). The molecular weight excluding hydrogens is 286 g/mol. The highest BCUT2D eigenvalue weighted by Crippen LogP contribution is 2.28. The number of nitrogens with one attached hydrogen (secondary N) is 1. The molecule has 1 fully saturated rings. The lowest BCUT2D eigenvalue weighted by Crippen LogP contribution is -2.34. The number of halogens is 1. The van der Waals surface area contributed by atoms with E-state index >= 15 is 0 Å². The van der Waals surface area contributed by atoms with Crippen molar-refractivity contribution >= 4 is 32.4 Å². The minimum atomic E-state index is 0.895. The van der Waals surface area contributed by atoms with Gasteiger partial charge in [0.15, 0.2) is 5.13 Å². The van der Waals surface area contributed by atoms with Crippen LogP contribution in [0, 0.1) is 5.92 Å². The van der Waals surface area contributed by atoms with Crippen LogP contribution in [0.15, 0.2) is 9.98 Å². The topological polar surface area (TPSA) is 28.2 Å². The average molecular weight is 304 g/mol. The summed E-state index contributed by atoms with van der Waals surface area (Å²) in [4.78, 5) is 6.88. The van der Waals surface area contributed by atoms with Gasteiger partial charge in [-0.2, -0.15) is 0 Å². The second kappa shape index (κ2) is 5.98. The molecule has 0 bridgehead atoms. The standard InChI is InChI=1S/C11H18BrN3S/c1-13-5-2-9-3-6-15(7-4-9)11-14-10(12)8-16-11/h8-9,13H,2-7H2,1H3. The molecule has 1 aromatic rings. The van der Waals surface area contributed by atoms with Crippen molar-refractivity contribution in [3.63, 3.8) is 0 Å². The predicted octanol–water partition coefficient (Wildman–Crippen LogP) is 2.73. The molecule has 0 spiro atoms. The van der Waals surface area contributed by atoms with Crippen LogP contribution in [0.5, 0.6) is 0 Å². The van der Waals surface area contributed by atoms with E-state index in [4.69, 9.17) is 0 Å². The van der Waals surface area contributed by atoms with Crippen molar-refractivity contribution in [2.24, 2.45) is 5.92 Å². The maximum atomic E-state index is 4.47. The van der Waals surface area contributed by atoms with Crippen molar-refractivity contribution < 1.29 is 0 Å². The third-order valence-corrected chi connectivity index (χ3v) is 4.76. The Morgan fingerprint density at radius 3 is 2.88 bits per heavy atom. The fourth-order valence-corrected chi connectivity index (χ4v) is 3.46. The number of nitrogens with zero attached hydrogens (tertiary/aromatic N) is 2. The van der Waals surface area contributed by atoms with E-state index in [2.05, 4.69) is 36.5 Å². The molecule has 1 aliphatic heterocycles. The Kier molecular flexibility index (Phi) is 4.61. The lowest BCUT2D eigenvalue weighted by atomic mass is 9.94. The van der Waals surface area contributed by atoms with E-state index in [-0.39, 0.29) is 0 Å². The van der Waals surface area contributed by atoms with Gasteiger partial charge in [0.2, 0.25) is 0 Å². The van der Waals surface area contributed by atoms with E-state index in [9.17, 15) is 0 Å². The Morgan fingerprint density at radius 2 is 2.31 bits per heavy atom. The highest BCUT2D eigenvalue weighted by Gasteiger charge is 2.20. The molecule has 1 N–H and O–H groups in total. The maximum absolute atomic E-state index is 4.47. The summed E-state index contributed by atoms with van der Waals surface area (Å²) in [6.07, 6.45) is 3.92. The van der Waals surface area contributed by atoms with Crippen LogP contribution in [0.1, 0.15) is 19.3 Å². The summed E-state index contributed by atoms with van der Waals surface area (Å²) in [5.41, 5.74) is 0. The highest BCUT2D eigenvalue weighted by molar-refractivity contribution is 9.10. The van der Waals surface area contributed by atoms with Crippen LogP contribution in [0.3, 0.4) is 0 Å². The van der Waals surface area contributed by atoms with Crippen molar-refractivity contribution in [1.82, 2.24) is 10.3 Å². The van der Waals surface area contributed by atoms with Crippen molar-refractivity contribution in [3.8, 4) is 0 Å².